The molecule has 0 radical (unpaired) electrons. The lowest BCUT2D eigenvalue weighted by Gasteiger charge is -2.40. The van der Waals surface area contributed by atoms with Crippen molar-refractivity contribution in [2.24, 2.45) is 5.92 Å². The van der Waals surface area contributed by atoms with Crippen LogP contribution in [-0.2, 0) is 0 Å². The summed E-state index contributed by atoms with van der Waals surface area (Å²) in [5.41, 5.74) is 11.0. The topological polar surface area (TPSA) is 37.8 Å². The zero-order chi connectivity index (χ0) is 29.1. The SMILES string of the molecule is CC1(C2C=CC=CC2)C=C(c2cc(-c3ccccn3)cc(-c3ccc(-c4ccccc4)cn3)c2)C=C(C2=CC=CCC2)N1. The van der Waals surface area contributed by atoms with Crippen molar-refractivity contribution in [1.82, 2.24) is 15.3 Å². The van der Waals surface area contributed by atoms with Gasteiger partial charge in [0.25, 0.3) is 0 Å². The summed E-state index contributed by atoms with van der Waals surface area (Å²) in [6, 6.07) is 27.6. The number of aromatic nitrogens is 2. The third-order valence-corrected chi connectivity index (χ3v) is 8.66. The van der Waals surface area contributed by atoms with Crippen LogP contribution in [0, 0.1) is 5.92 Å². The molecule has 1 aliphatic heterocycles. The van der Waals surface area contributed by atoms with Gasteiger partial charge in [-0.05, 0) is 90.9 Å². The molecule has 4 aromatic rings. The summed E-state index contributed by atoms with van der Waals surface area (Å²) in [7, 11) is 0. The molecule has 0 saturated heterocycles. The maximum absolute atomic E-state index is 4.94. The van der Waals surface area contributed by atoms with E-state index in [1.54, 1.807) is 0 Å². The first-order chi connectivity index (χ1) is 21.1. The normalized spacial score (nSPS) is 21.0. The summed E-state index contributed by atoms with van der Waals surface area (Å²) < 4.78 is 0. The Morgan fingerprint density at radius 1 is 0.744 bits per heavy atom. The standard InChI is InChI=1S/C40H35N3/c1-40(36-17-9-4-10-18-36)27-35(26-39(43-40)30-15-7-3-8-16-30)32-23-33(37-19-11-12-22-41-37)25-34(24-32)38-21-20-31(28-42-38)29-13-5-2-6-14-29/h2-7,9-15,17,19-28,36,43H,8,16,18H2,1H3. The number of hydrogen-bond donors (Lipinski definition) is 1. The second-order valence-corrected chi connectivity index (χ2v) is 11.7. The number of allylic oxidation sites excluding steroid dienone is 9. The van der Waals surface area contributed by atoms with Crippen LogP contribution in [0.25, 0.3) is 39.2 Å². The monoisotopic (exact) mass is 557 g/mol. The highest BCUT2D eigenvalue weighted by atomic mass is 15.0. The van der Waals surface area contributed by atoms with E-state index in [2.05, 4.69) is 128 Å². The van der Waals surface area contributed by atoms with Crippen molar-refractivity contribution >= 4 is 5.57 Å². The van der Waals surface area contributed by atoms with E-state index in [0.29, 0.717) is 5.92 Å². The zero-order valence-corrected chi connectivity index (χ0v) is 24.4. The Balaban J connectivity index is 1.36. The molecule has 0 saturated carbocycles. The van der Waals surface area contributed by atoms with Crippen molar-refractivity contribution in [3.63, 3.8) is 0 Å². The number of rotatable bonds is 6. The fourth-order valence-corrected chi connectivity index (χ4v) is 6.26. The number of nitrogens with one attached hydrogen (secondary N) is 1. The molecule has 0 fully saturated rings. The number of benzene rings is 2. The maximum Gasteiger partial charge on any atom is 0.0702 e. The molecule has 0 amide bonds. The Kier molecular flexibility index (Phi) is 7.30. The number of pyridine rings is 2. The number of nitrogens with zero attached hydrogens (tertiary/aromatic N) is 2. The predicted octanol–water partition coefficient (Wildman–Crippen LogP) is 9.52. The van der Waals surface area contributed by atoms with E-state index in [1.807, 2.05) is 30.6 Å². The summed E-state index contributed by atoms with van der Waals surface area (Å²) in [5, 5.41) is 3.96. The van der Waals surface area contributed by atoms with Crippen molar-refractivity contribution < 1.29 is 0 Å². The molecule has 2 aliphatic carbocycles. The lowest BCUT2D eigenvalue weighted by atomic mass is 9.76. The Bertz CT molecular complexity index is 1810. The van der Waals surface area contributed by atoms with Crippen molar-refractivity contribution in [2.75, 3.05) is 0 Å². The first-order valence-corrected chi connectivity index (χ1v) is 15.2. The molecule has 0 bridgehead atoms. The highest BCUT2D eigenvalue weighted by Crippen LogP contribution is 2.39. The van der Waals surface area contributed by atoms with E-state index in [0.717, 1.165) is 47.3 Å². The Hall–Kier alpha value is -5.02. The van der Waals surface area contributed by atoms with Gasteiger partial charge in [0, 0.05) is 40.7 Å². The lowest BCUT2D eigenvalue weighted by molar-refractivity contribution is 0.364. The second kappa shape index (κ2) is 11.7. The van der Waals surface area contributed by atoms with Crippen molar-refractivity contribution in [1.29, 1.82) is 0 Å². The van der Waals surface area contributed by atoms with Crippen LogP contribution in [0.2, 0.25) is 0 Å². The van der Waals surface area contributed by atoms with Gasteiger partial charge in [-0.15, -0.1) is 0 Å². The molecule has 3 nitrogen and oxygen atoms in total. The first kappa shape index (κ1) is 26.9. The van der Waals surface area contributed by atoms with Crippen LogP contribution in [0.3, 0.4) is 0 Å². The molecule has 3 heteroatoms. The molecule has 43 heavy (non-hydrogen) atoms. The summed E-state index contributed by atoms with van der Waals surface area (Å²) in [4.78, 5) is 9.65. The van der Waals surface area contributed by atoms with Crippen LogP contribution in [0.15, 0.2) is 157 Å². The van der Waals surface area contributed by atoms with E-state index >= 15 is 0 Å². The van der Waals surface area contributed by atoms with E-state index in [9.17, 15) is 0 Å². The predicted molar refractivity (Wildman–Crippen MR) is 179 cm³/mol. The quantitative estimate of drug-likeness (QED) is 0.257. The molecule has 2 atom stereocenters. The molecule has 3 aliphatic rings. The van der Waals surface area contributed by atoms with Crippen LogP contribution in [0.5, 0.6) is 0 Å². The number of dihydropyridines is 1. The van der Waals surface area contributed by atoms with Gasteiger partial charge in [0.15, 0.2) is 0 Å². The minimum atomic E-state index is -0.237. The molecule has 2 unspecified atom stereocenters. The minimum absolute atomic E-state index is 0.237. The Morgan fingerprint density at radius 3 is 2.26 bits per heavy atom. The van der Waals surface area contributed by atoms with Gasteiger partial charge < -0.3 is 5.32 Å². The smallest absolute Gasteiger partial charge is 0.0702 e. The Labute approximate surface area is 254 Å². The maximum atomic E-state index is 4.94. The molecular formula is C40H35N3. The van der Waals surface area contributed by atoms with Crippen molar-refractivity contribution in [3.05, 3.63) is 163 Å². The average Bonchev–Trinajstić information content (AvgIpc) is 3.09. The lowest BCUT2D eigenvalue weighted by Crippen LogP contribution is -2.48. The summed E-state index contributed by atoms with van der Waals surface area (Å²) in [6.07, 6.45) is 27.3. The molecule has 3 heterocycles. The molecule has 1 N–H and O–H groups in total. The van der Waals surface area contributed by atoms with Crippen molar-refractivity contribution in [3.8, 4) is 33.6 Å². The second-order valence-electron chi connectivity index (χ2n) is 11.7. The van der Waals surface area contributed by atoms with Crippen LogP contribution in [0.1, 0.15) is 31.7 Å². The summed E-state index contributed by atoms with van der Waals surface area (Å²) >= 11 is 0. The van der Waals surface area contributed by atoms with E-state index < -0.39 is 0 Å². The molecule has 2 aromatic carbocycles. The fraction of sp³-hybridized carbons (Fsp3) is 0.150. The van der Waals surface area contributed by atoms with Gasteiger partial charge in [0.05, 0.1) is 16.9 Å². The van der Waals surface area contributed by atoms with E-state index in [1.165, 1.54) is 28.0 Å². The van der Waals surface area contributed by atoms with Crippen LogP contribution in [-0.4, -0.2) is 15.5 Å². The summed E-state index contributed by atoms with van der Waals surface area (Å²) in [6.45, 7) is 2.33. The average molecular weight is 558 g/mol. The molecule has 210 valence electrons. The van der Waals surface area contributed by atoms with E-state index in [-0.39, 0.29) is 5.54 Å². The van der Waals surface area contributed by atoms with Gasteiger partial charge in [0.2, 0.25) is 0 Å². The van der Waals surface area contributed by atoms with Gasteiger partial charge in [-0.3, -0.25) is 9.97 Å². The Morgan fingerprint density at radius 2 is 1.56 bits per heavy atom. The van der Waals surface area contributed by atoms with E-state index in [4.69, 9.17) is 9.97 Å². The third-order valence-electron chi connectivity index (χ3n) is 8.66. The largest absolute Gasteiger partial charge is 0.376 e. The van der Waals surface area contributed by atoms with Gasteiger partial charge in [-0.1, -0.05) is 91.1 Å². The van der Waals surface area contributed by atoms with Gasteiger partial charge in [-0.25, -0.2) is 0 Å². The zero-order valence-electron chi connectivity index (χ0n) is 24.4. The number of hydrogen-bond acceptors (Lipinski definition) is 3. The van der Waals surface area contributed by atoms with Crippen LogP contribution in [0.4, 0.5) is 0 Å². The highest BCUT2D eigenvalue weighted by molar-refractivity contribution is 5.84. The van der Waals surface area contributed by atoms with Crippen LogP contribution < -0.4 is 5.32 Å². The fourth-order valence-electron chi connectivity index (χ4n) is 6.26. The molecule has 2 aromatic heterocycles. The van der Waals surface area contributed by atoms with Gasteiger partial charge in [-0.2, -0.15) is 0 Å². The minimum Gasteiger partial charge on any atom is -0.376 e. The van der Waals surface area contributed by atoms with Gasteiger partial charge >= 0.3 is 0 Å². The molecule has 7 rings (SSSR count). The molecular weight excluding hydrogens is 522 g/mol. The van der Waals surface area contributed by atoms with Crippen LogP contribution >= 0.6 is 0 Å². The summed E-state index contributed by atoms with van der Waals surface area (Å²) in [5.74, 6) is 0.349. The first-order valence-electron chi connectivity index (χ1n) is 15.2. The third kappa shape index (κ3) is 5.72. The van der Waals surface area contributed by atoms with Crippen molar-refractivity contribution in [2.45, 2.75) is 31.7 Å². The highest BCUT2D eigenvalue weighted by Gasteiger charge is 2.34. The van der Waals surface area contributed by atoms with Gasteiger partial charge in [0.1, 0.15) is 0 Å². The molecule has 0 spiro atoms.